The van der Waals surface area contributed by atoms with Crippen molar-refractivity contribution in [1.29, 1.82) is 0 Å². The van der Waals surface area contributed by atoms with Gasteiger partial charge in [-0.1, -0.05) is 0 Å². The summed E-state index contributed by atoms with van der Waals surface area (Å²) in [4.78, 5) is 21.6. The number of hydrogen-bond donors (Lipinski definition) is 2. The fraction of sp³-hybridized carbons (Fsp3) is 0.385. The summed E-state index contributed by atoms with van der Waals surface area (Å²) in [6.45, 7) is 0. The van der Waals surface area contributed by atoms with E-state index in [-0.39, 0.29) is 17.4 Å². The van der Waals surface area contributed by atoms with E-state index in [1.807, 2.05) is 0 Å². The molecule has 2 unspecified atom stereocenters. The molecule has 0 aliphatic rings. The summed E-state index contributed by atoms with van der Waals surface area (Å²) in [6, 6.07) is 2.24. The lowest BCUT2D eigenvalue weighted by Crippen LogP contribution is -2.23. The highest BCUT2D eigenvalue weighted by Crippen LogP contribution is 2.32. The van der Waals surface area contributed by atoms with E-state index < -0.39 is 36.3 Å². The van der Waals surface area contributed by atoms with Crippen LogP contribution in [0.1, 0.15) is 34.0 Å². The number of aldehydes is 1. The van der Waals surface area contributed by atoms with Gasteiger partial charge in [0.05, 0.1) is 25.2 Å². The lowest BCUT2D eigenvalue weighted by molar-refractivity contribution is -0.145. The molecule has 1 aromatic rings. The number of ether oxygens (including phenoxy) is 1. The summed E-state index contributed by atoms with van der Waals surface area (Å²) < 4.78 is 42.3. The number of rotatable bonds is 5. The predicted octanol–water partition coefficient (Wildman–Crippen LogP) is 1.48. The van der Waals surface area contributed by atoms with E-state index in [9.17, 15) is 33.0 Å². The Morgan fingerprint density at radius 3 is 2.43 bits per heavy atom. The van der Waals surface area contributed by atoms with Gasteiger partial charge in [-0.2, -0.15) is 13.2 Å². The summed E-state index contributed by atoms with van der Waals surface area (Å²) in [5.74, 6) is -0.830. The van der Waals surface area contributed by atoms with Crippen LogP contribution in [-0.2, 0) is 15.7 Å². The van der Waals surface area contributed by atoms with E-state index in [1.54, 1.807) is 0 Å². The SMILES string of the molecule is COC(=O)CC(O)C(O)c1cc(C=O)cc(C(F)(F)F)c1. The van der Waals surface area contributed by atoms with Gasteiger partial charge in [-0.25, -0.2) is 0 Å². The van der Waals surface area contributed by atoms with Crippen molar-refractivity contribution in [3.05, 3.63) is 34.9 Å². The van der Waals surface area contributed by atoms with Gasteiger partial charge in [0, 0.05) is 5.56 Å². The van der Waals surface area contributed by atoms with E-state index in [0.29, 0.717) is 12.1 Å². The van der Waals surface area contributed by atoms with Crippen molar-refractivity contribution in [2.45, 2.75) is 24.8 Å². The van der Waals surface area contributed by atoms with Crippen molar-refractivity contribution in [1.82, 2.24) is 0 Å². The fourth-order valence-corrected chi connectivity index (χ4v) is 1.67. The van der Waals surface area contributed by atoms with Crippen LogP contribution in [0.5, 0.6) is 0 Å². The zero-order chi connectivity index (χ0) is 16.2. The molecule has 1 aromatic carbocycles. The normalized spacial score (nSPS) is 14.4. The molecule has 2 N–H and O–H groups in total. The maximum absolute atomic E-state index is 12.7. The zero-order valence-electron chi connectivity index (χ0n) is 10.9. The number of benzene rings is 1. The van der Waals surface area contributed by atoms with Gasteiger partial charge in [-0.3, -0.25) is 9.59 Å². The molecule has 2 atom stereocenters. The van der Waals surface area contributed by atoms with Crippen molar-refractivity contribution in [2.24, 2.45) is 0 Å². The molecule has 1 rings (SSSR count). The molecule has 0 amide bonds. The third kappa shape index (κ3) is 4.54. The molecule has 21 heavy (non-hydrogen) atoms. The van der Waals surface area contributed by atoms with Crippen LogP contribution >= 0.6 is 0 Å². The highest BCUT2D eigenvalue weighted by Gasteiger charge is 2.32. The van der Waals surface area contributed by atoms with Gasteiger partial charge < -0.3 is 14.9 Å². The van der Waals surface area contributed by atoms with Crippen LogP contribution < -0.4 is 0 Å². The van der Waals surface area contributed by atoms with Crippen molar-refractivity contribution in [2.75, 3.05) is 7.11 Å². The molecule has 0 heterocycles. The number of aliphatic hydroxyl groups is 2. The Hall–Kier alpha value is -1.93. The second-order valence-corrected chi connectivity index (χ2v) is 4.30. The molecule has 0 saturated carbocycles. The first-order chi connectivity index (χ1) is 9.68. The largest absolute Gasteiger partial charge is 0.469 e. The van der Waals surface area contributed by atoms with Gasteiger partial charge in [0.25, 0.3) is 0 Å². The zero-order valence-corrected chi connectivity index (χ0v) is 10.9. The van der Waals surface area contributed by atoms with Gasteiger partial charge in [0.2, 0.25) is 0 Å². The van der Waals surface area contributed by atoms with Crippen LogP contribution in [-0.4, -0.2) is 35.7 Å². The number of carbonyl (C=O) groups is 2. The number of halogens is 3. The number of alkyl halides is 3. The Kier molecular flexibility index (Phi) is 5.45. The minimum atomic E-state index is -4.71. The van der Waals surface area contributed by atoms with Crippen LogP contribution in [0.3, 0.4) is 0 Å². The number of esters is 1. The maximum atomic E-state index is 12.7. The van der Waals surface area contributed by atoms with E-state index in [0.717, 1.165) is 13.2 Å². The third-order valence-corrected chi connectivity index (χ3v) is 2.75. The molecular formula is C13H13F3O5. The van der Waals surface area contributed by atoms with Crippen molar-refractivity contribution < 1.29 is 37.7 Å². The van der Waals surface area contributed by atoms with Crippen LogP contribution in [0.4, 0.5) is 13.2 Å². The van der Waals surface area contributed by atoms with Crippen LogP contribution in [0.15, 0.2) is 18.2 Å². The van der Waals surface area contributed by atoms with Gasteiger partial charge in [0.15, 0.2) is 0 Å². The van der Waals surface area contributed by atoms with E-state index >= 15 is 0 Å². The van der Waals surface area contributed by atoms with E-state index in [1.165, 1.54) is 0 Å². The van der Waals surface area contributed by atoms with Crippen molar-refractivity contribution >= 4 is 12.3 Å². The average molecular weight is 306 g/mol. The van der Waals surface area contributed by atoms with Gasteiger partial charge >= 0.3 is 12.1 Å². The molecule has 0 fully saturated rings. The lowest BCUT2D eigenvalue weighted by Gasteiger charge is -2.19. The summed E-state index contributed by atoms with van der Waals surface area (Å²) >= 11 is 0. The molecule has 8 heteroatoms. The molecule has 0 bridgehead atoms. The van der Waals surface area contributed by atoms with Crippen molar-refractivity contribution in [3.8, 4) is 0 Å². The minimum Gasteiger partial charge on any atom is -0.469 e. The van der Waals surface area contributed by atoms with Crippen molar-refractivity contribution in [3.63, 3.8) is 0 Å². The van der Waals surface area contributed by atoms with Gasteiger partial charge in [-0.05, 0) is 23.8 Å². The Balaban J connectivity index is 3.11. The van der Waals surface area contributed by atoms with Crippen LogP contribution in [0, 0.1) is 0 Å². The van der Waals surface area contributed by atoms with E-state index in [2.05, 4.69) is 4.74 Å². The first-order valence-electron chi connectivity index (χ1n) is 5.79. The van der Waals surface area contributed by atoms with Gasteiger partial charge in [0.1, 0.15) is 12.4 Å². The number of carbonyl (C=O) groups excluding carboxylic acids is 2. The molecule has 0 aliphatic heterocycles. The number of hydrogen-bond acceptors (Lipinski definition) is 5. The second kappa shape index (κ2) is 6.68. The van der Waals surface area contributed by atoms with Crippen LogP contribution in [0.25, 0.3) is 0 Å². The monoisotopic (exact) mass is 306 g/mol. The maximum Gasteiger partial charge on any atom is 0.416 e. The summed E-state index contributed by atoms with van der Waals surface area (Å²) in [5, 5.41) is 19.4. The molecule has 0 saturated heterocycles. The Bertz CT molecular complexity index is 527. The van der Waals surface area contributed by atoms with Gasteiger partial charge in [-0.15, -0.1) is 0 Å². The van der Waals surface area contributed by atoms with E-state index in [4.69, 9.17) is 0 Å². The smallest absolute Gasteiger partial charge is 0.416 e. The Morgan fingerprint density at radius 1 is 1.33 bits per heavy atom. The highest BCUT2D eigenvalue weighted by atomic mass is 19.4. The molecule has 0 radical (unpaired) electrons. The number of methoxy groups -OCH3 is 1. The van der Waals surface area contributed by atoms with Crippen LogP contribution in [0.2, 0.25) is 0 Å². The topological polar surface area (TPSA) is 83.8 Å². The first-order valence-corrected chi connectivity index (χ1v) is 5.79. The number of aliphatic hydroxyl groups excluding tert-OH is 2. The summed E-state index contributed by atoms with van der Waals surface area (Å²) in [5.41, 5.74) is -1.75. The standard InChI is InChI=1S/C13H13F3O5/c1-21-11(19)5-10(18)12(20)8-2-7(6-17)3-9(4-8)13(14,15)16/h2-4,6,10,12,18,20H,5H2,1H3. The molecule has 0 spiro atoms. The molecular weight excluding hydrogens is 293 g/mol. The molecule has 0 aromatic heterocycles. The Morgan fingerprint density at radius 2 is 1.95 bits per heavy atom. The fourth-order valence-electron chi connectivity index (χ4n) is 1.67. The quantitative estimate of drug-likeness (QED) is 0.636. The summed E-state index contributed by atoms with van der Waals surface area (Å²) in [7, 11) is 1.07. The molecule has 0 aliphatic carbocycles. The highest BCUT2D eigenvalue weighted by molar-refractivity contribution is 5.75. The predicted molar refractivity (Wildman–Crippen MR) is 64.4 cm³/mol. The first kappa shape index (κ1) is 17.1. The Labute approximate surface area is 118 Å². The third-order valence-electron chi connectivity index (χ3n) is 2.75. The minimum absolute atomic E-state index is 0.193. The summed E-state index contributed by atoms with van der Waals surface area (Å²) in [6.07, 6.45) is -8.52. The lowest BCUT2D eigenvalue weighted by atomic mass is 9.97. The molecule has 5 nitrogen and oxygen atoms in total. The molecule has 116 valence electrons. The second-order valence-electron chi connectivity index (χ2n) is 4.30. The average Bonchev–Trinajstić information content (AvgIpc) is 2.44.